The van der Waals surface area contributed by atoms with E-state index in [1.807, 2.05) is 45.1 Å². The number of esters is 1. The van der Waals surface area contributed by atoms with Crippen molar-refractivity contribution in [2.24, 2.45) is 11.3 Å². The van der Waals surface area contributed by atoms with Crippen LogP contribution in [0.5, 0.6) is 0 Å². The standard InChI is InChI=1S/C23H32O4/c1-6-7-16-27-20-14-12-19(13-15-20)23(25,22(2,3)4)18-10-8-17(9-11-18)21(24)26-5/h8-12,14-15,19,25H,6-7,13,16H2,1-5H3. The van der Waals surface area contributed by atoms with Gasteiger partial charge in [0.25, 0.3) is 0 Å². The quantitative estimate of drug-likeness (QED) is 0.541. The zero-order chi connectivity index (χ0) is 20.1. The summed E-state index contributed by atoms with van der Waals surface area (Å²) in [5.41, 5.74) is -0.212. The number of benzene rings is 1. The molecule has 1 aliphatic carbocycles. The molecule has 0 spiro atoms. The third-order valence-corrected chi connectivity index (χ3v) is 5.26. The molecule has 0 saturated heterocycles. The van der Waals surface area contributed by atoms with Gasteiger partial charge in [0.05, 0.1) is 19.3 Å². The van der Waals surface area contributed by atoms with Crippen LogP contribution in [0, 0.1) is 11.3 Å². The largest absolute Gasteiger partial charge is 0.494 e. The fraction of sp³-hybridized carbons (Fsp3) is 0.522. The monoisotopic (exact) mass is 372 g/mol. The third-order valence-electron chi connectivity index (χ3n) is 5.26. The lowest BCUT2D eigenvalue weighted by atomic mass is 9.63. The lowest BCUT2D eigenvalue weighted by molar-refractivity contribution is -0.0982. The molecule has 2 rings (SSSR count). The van der Waals surface area contributed by atoms with Crippen LogP contribution in [-0.4, -0.2) is 24.8 Å². The molecule has 1 aromatic carbocycles. The van der Waals surface area contributed by atoms with Crippen molar-refractivity contribution < 1.29 is 19.4 Å². The molecule has 0 bridgehead atoms. The SMILES string of the molecule is CCCCOC1=CCC(C(O)(c2ccc(C(=O)OC)cc2)C(C)(C)C)C=C1. The zero-order valence-corrected chi connectivity index (χ0v) is 17.1. The Morgan fingerprint density at radius 3 is 2.37 bits per heavy atom. The number of carbonyl (C=O) groups excluding carboxylic acids is 1. The number of allylic oxidation sites excluding steroid dienone is 2. The summed E-state index contributed by atoms with van der Waals surface area (Å²) in [4.78, 5) is 11.7. The Hall–Kier alpha value is -2.07. The summed E-state index contributed by atoms with van der Waals surface area (Å²) in [6.07, 6.45) is 8.90. The molecule has 0 radical (unpaired) electrons. The fourth-order valence-electron chi connectivity index (χ4n) is 3.53. The van der Waals surface area contributed by atoms with Crippen LogP contribution in [0.3, 0.4) is 0 Å². The van der Waals surface area contributed by atoms with Gasteiger partial charge in [-0.05, 0) is 48.1 Å². The average Bonchev–Trinajstić information content (AvgIpc) is 2.66. The molecule has 0 aliphatic heterocycles. The van der Waals surface area contributed by atoms with Gasteiger partial charge in [0.1, 0.15) is 11.4 Å². The summed E-state index contributed by atoms with van der Waals surface area (Å²) < 4.78 is 10.5. The summed E-state index contributed by atoms with van der Waals surface area (Å²) in [6, 6.07) is 7.06. The number of aliphatic hydroxyl groups is 1. The van der Waals surface area contributed by atoms with Crippen molar-refractivity contribution in [2.45, 2.75) is 52.6 Å². The molecule has 1 N–H and O–H groups in total. The van der Waals surface area contributed by atoms with E-state index in [-0.39, 0.29) is 11.9 Å². The van der Waals surface area contributed by atoms with Gasteiger partial charge >= 0.3 is 5.97 Å². The molecule has 0 heterocycles. The van der Waals surface area contributed by atoms with E-state index in [1.165, 1.54) is 7.11 Å². The molecule has 2 unspecified atom stereocenters. The molecular weight excluding hydrogens is 340 g/mol. The minimum Gasteiger partial charge on any atom is -0.494 e. The number of carbonyl (C=O) groups is 1. The van der Waals surface area contributed by atoms with Crippen molar-refractivity contribution in [3.8, 4) is 0 Å². The maximum atomic E-state index is 11.8. The lowest BCUT2D eigenvalue weighted by Crippen LogP contribution is -2.46. The predicted molar refractivity (Wildman–Crippen MR) is 107 cm³/mol. The highest BCUT2D eigenvalue weighted by Crippen LogP contribution is 2.48. The van der Waals surface area contributed by atoms with Crippen LogP contribution in [0.4, 0.5) is 0 Å². The Labute approximate surface area is 162 Å². The van der Waals surface area contributed by atoms with Crippen LogP contribution < -0.4 is 0 Å². The molecular formula is C23H32O4. The van der Waals surface area contributed by atoms with Crippen molar-refractivity contribution in [2.75, 3.05) is 13.7 Å². The molecule has 4 heteroatoms. The van der Waals surface area contributed by atoms with Gasteiger partial charge in [-0.25, -0.2) is 4.79 Å². The van der Waals surface area contributed by atoms with Gasteiger partial charge in [-0.2, -0.15) is 0 Å². The van der Waals surface area contributed by atoms with Crippen molar-refractivity contribution >= 4 is 5.97 Å². The highest BCUT2D eigenvalue weighted by Gasteiger charge is 2.47. The van der Waals surface area contributed by atoms with E-state index in [9.17, 15) is 9.90 Å². The summed E-state index contributed by atoms with van der Waals surface area (Å²) >= 11 is 0. The first-order valence-electron chi connectivity index (χ1n) is 9.66. The first kappa shape index (κ1) is 21.2. The molecule has 148 valence electrons. The topological polar surface area (TPSA) is 55.8 Å². The predicted octanol–water partition coefficient (Wildman–Crippen LogP) is 4.98. The van der Waals surface area contributed by atoms with E-state index in [0.29, 0.717) is 12.0 Å². The van der Waals surface area contributed by atoms with Gasteiger partial charge in [-0.1, -0.05) is 52.3 Å². The Kier molecular flexibility index (Phi) is 6.88. The first-order valence-corrected chi connectivity index (χ1v) is 9.66. The second-order valence-electron chi connectivity index (χ2n) is 8.10. The minimum atomic E-state index is -1.08. The summed E-state index contributed by atoms with van der Waals surface area (Å²) in [7, 11) is 1.36. The Morgan fingerprint density at radius 2 is 1.89 bits per heavy atom. The highest BCUT2D eigenvalue weighted by molar-refractivity contribution is 5.89. The second kappa shape index (κ2) is 8.75. The van der Waals surface area contributed by atoms with Gasteiger partial charge < -0.3 is 14.6 Å². The van der Waals surface area contributed by atoms with E-state index in [1.54, 1.807) is 12.1 Å². The molecule has 27 heavy (non-hydrogen) atoms. The number of hydrogen-bond donors (Lipinski definition) is 1. The van der Waals surface area contributed by atoms with Gasteiger partial charge in [-0.3, -0.25) is 0 Å². The average molecular weight is 373 g/mol. The van der Waals surface area contributed by atoms with Crippen LogP contribution in [-0.2, 0) is 15.1 Å². The Morgan fingerprint density at radius 1 is 1.22 bits per heavy atom. The van der Waals surface area contributed by atoms with Crippen LogP contribution in [0.15, 0.2) is 48.3 Å². The van der Waals surface area contributed by atoms with Crippen molar-refractivity contribution in [1.82, 2.24) is 0 Å². The summed E-state index contributed by atoms with van der Waals surface area (Å²) in [5.74, 6) is 0.409. The number of methoxy groups -OCH3 is 1. The molecule has 1 aliphatic rings. The summed E-state index contributed by atoms with van der Waals surface area (Å²) in [6.45, 7) is 8.96. The first-order chi connectivity index (χ1) is 12.7. The molecule has 2 atom stereocenters. The molecule has 4 nitrogen and oxygen atoms in total. The van der Waals surface area contributed by atoms with Crippen LogP contribution >= 0.6 is 0 Å². The van der Waals surface area contributed by atoms with Crippen LogP contribution in [0.2, 0.25) is 0 Å². The minimum absolute atomic E-state index is 0.0833. The van der Waals surface area contributed by atoms with E-state index in [0.717, 1.165) is 30.8 Å². The number of hydrogen-bond acceptors (Lipinski definition) is 4. The van der Waals surface area contributed by atoms with Crippen LogP contribution in [0.1, 0.15) is 62.9 Å². The number of ether oxygens (including phenoxy) is 2. The van der Waals surface area contributed by atoms with E-state index >= 15 is 0 Å². The van der Waals surface area contributed by atoms with Crippen molar-refractivity contribution in [3.63, 3.8) is 0 Å². The van der Waals surface area contributed by atoms with Crippen molar-refractivity contribution in [3.05, 3.63) is 59.4 Å². The Bertz CT molecular complexity index is 694. The van der Waals surface area contributed by atoms with Gasteiger partial charge in [0.15, 0.2) is 0 Å². The third kappa shape index (κ3) is 4.62. The zero-order valence-electron chi connectivity index (χ0n) is 17.1. The molecule has 0 aromatic heterocycles. The van der Waals surface area contributed by atoms with E-state index in [4.69, 9.17) is 9.47 Å². The molecule has 1 aromatic rings. The molecule has 0 amide bonds. The van der Waals surface area contributed by atoms with E-state index in [2.05, 4.69) is 13.0 Å². The smallest absolute Gasteiger partial charge is 0.337 e. The Balaban J connectivity index is 2.26. The summed E-state index contributed by atoms with van der Waals surface area (Å²) in [5, 5.41) is 11.8. The maximum absolute atomic E-state index is 11.8. The van der Waals surface area contributed by atoms with Gasteiger partial charge in [0, 0.05) is 5.92 Å². The molecule has 0 saturated carbocycles. The molecule has 0 fully saturated rings. The lowest BCUT2D eigenvalue weighted by Gasteiger charge is -2.46. The number of unbranched alkanes of at least 4 members (excludes halogenated alkanes) is 1. The van der Waals surface area contributed by atoms with Gasteiger partial charge in [-0.15, -0.1) is 0 Å². The normalized spacial score (nSPS) is 19.2. The van der Waals surface area contributed by atoms with Crippen LogP contribution in [0.25, 0.3) is 0 Å². The maximum Gasteiger partial charge on any atom is 0.337 e. The van der Waals surface area contributed by atoms with Crippen molar-refractivity contribution in [1.29, 1.82) is 0 Å². The highest BCUT2D eigenvalue weighted by atomic mass is 16.5. The number of rotatable bonds is 7. The van der Waals surface area contributed by atoms with Gasteiger partial charge in [0.2, 0.25) is 0 Å². The second-order valence-corrected chi connectivity index (χ2v) is 8.10. The fourth-order valence-corrected chi connectivity index (χ4v) is 3.53. The van der Waals surface area contributed by atoms with E-state index < -0.39 is 11.0 Å².